The van der Waals surface area contributed by atoms with E-state index in [4.69, 9.17) is 14.3 Å². The first kappa shape index (κ1) is 19.7. The summed E-state index contributed by atoms with van der Waals surface area (Å²) < 4.78 is 34.0. The van der Waals surface area contributed by atoms with E-state index < -0.39 is 22.1 Å². The van der Waals surface area contributed by atoms with E-state index in [1.54, 1.807) is 13.8 Å². The van der Waals surface area contributed by atoms with Crippen LogP contribution in [0.25, 0.3) is 11.5 Å². The molecular weight excluding hydrogens is 382 g/mol. The highest BCUT2D eigenvalue weighted by Gasteiger charge is 2.22. The first-order valence-corrected chi connectivity index (χ1v) is 9.94. The molecule has 0 aliphatic carbocycles. The van der Waals surface area contributed by atoms with Crippen LogP contribution in [0.1, 0.15) is 40.4 Å². The molecular formula is C19H19N3O5S. The minimum absolute atomic E-state index is 0.0941. The quantitative estimate of drug-likeness (QED) is 0.651. The van der Waals surface area contributed by atoms with Crippen molar-refractivity contribution in [2.75, 3.05) is 0 Å². The zero-order valence-corrected chi connectivity index (χ0v) is 16.4. The summed E-state index contributed by atoms with van der Waals surface area (Å²) in [7, 11) is -3.94. The van der Waals surface area contributed by atoms with Gasteiger partial charge >= 0.3 is 5.97 Å². The second-order valence-corrected chi connectivity index (χ2v) is 7.94. The SMILES string of the molecule is Cc1ccc(-c2nnc([C@@H](C)OC(=O)c3cc(S(N)(=O)=O)ccc3C)o2)cc1. The third-order valence-corrected chi connectivity index (χ3v) is 5.04. The van der Waals surface area contributed by atoms with E-state index in [2.05, 4.69) is 10.2 Å². The Morgan fingerprint density at radius 1 is 1.11 bits per heavy atom. The molecule has 0 unspecified atom stereocenters. The molecule has 0 fully saturated rings. The lowest BCUT2D eigenvalue weighted by Gasteiger charge is -2.11. The Morgan fingerprint density at radius 3 is 2.43 bits per heavy atom. The number of primary sulfonamides is 1. The number of nitrogens with zero attached hydrogens (tertiary/aromatic N) is 2. The van der Waals surface area contributed by atoms with Crippen molar-refractivity contribution in [2.24, 2.45) is 5.14 Å². The fraction of sp³-hybridized carbons (Fsp3) is 0.211. The average Bonchev–Trinajstić information content (AvgIpc) is 3.12. The highest BCUT2D eigenvalue weighted by atomic mass is 32.2. The number of benzene rings is 2. The number of esters is 1. The van der Waals surface area contributed by atoms with Crippen LogP contribution in [0.3, 0.4) is 0 Å². The van der Waals surface area contributed by atoms with Gasteiger partial charge in [0.05, 0.1) is 10.5 Å². The lowest BCUT2D eigenvalue weighted by atomic mass is 10.1. The van der Waals surface area contributed by atoms with Crippen LogP contribution in [0.15, 0.2) is 51.8 Å². The second-order valence-electron chi connectivity index (χ2n) is 6.38. The van der Waals surface area contributed by atoms with Crippen LogP contribution in [-0.2, 0) is 14.8 Å². The molecule has 0 amide bonds. The number of hydrogen-bond donors (Lipinski definition) is 1. The van der Waals surface area contributed by atoms with Gasteiger partial charge in [-0.2, -0.15) is 0 Å². The summed E-state index contributed by atoms with van der Waals surface area (Å²) in [5.41, 5.74) is 2.49. The fourth-order valence-corrected chi connectivity index (χ4v) is 3.02. The Bertz CT molecular complexity index is 1120. The normalized spacial score (nSPS) is 12.6. The average molecular weight is 401 g/mol. The molecule has 0 radical (unpaired) electrons. The molecule has 2 aromatic carbocycles. The van der Waals surface area contributed by atoms with Gasteiger partial charge in [0.1, 0.15) is 0 Å². The third kappa shape index (κ3) is 4.26. The molecule has 0 saturated heterocycles. The van der Waals surface area contributed by atoms with Gasteiger partial charge in [-0.25, -0.2) is 18.4 Å². The van der Waals surface area contributed by atoms with Crippen LogP contribution in [0.5, 0.6) is 0 Å². The summed E-state index contributed by atoms with van der Waals surface area (Å²) >= 11 is 0. The molecule has 3 rings (SSSR count). The fourth-order valence-electron chi connectivity index (χ4n) is 2.48. The van der Waals surface area contributed by atoms with Gasteiger partial charge in [-0.3, -0.25) is 0 Å². The highest BCUT2D eigenvalue weighted by molar-refractivity contribution is 7.89. The number of sulfonamides is 1. The van der Waals surface area contributed by atoms with Crippen LogP contribution in [-0.4, -0.2) is 24.6 Å². The molecule has 2 N–H and O–H groups in total. The third-order valence-electron chi connectivity index (χ3n) is 4.13. The number of hydrogen-bond acceptors (Lipinski definition) is 7. The first-order chi connectivity index (χ1) is 13.1. The standard InChI is InChI=1S/C19H19N3O5S/c1-11-4-7-14(8-5-11)18-22-21-17(27-18)13(3)26-19(23)16-10-15(28(20,24)25)9-6-12(16)2/h4-10,13H,1-3H3,(H2,20,24,25)/t13-/m1/s1. The molecule has 1 aromatic heterocycles. The van der Waals surface area contributed by atoms with E-state index in [0.717, 1.165) is 11.1 Å². The zero-order valence-electron chi connectivity index (χ0n) is 15.5. The molecule has 146 valence electrons. The van der Waals surface area contributed by atoms with E-state index >= 15 is 0 Å². The molecule has 9 heteroatoms. The molecule has 1 atom stereocenters. The zero-order chi connectivity index (χ0) is 20.5. The van der Waals surface area contributed by atoms with Crippen molar-refractivity contribution < 1.29 is 22.4 Å². The minimum Gasteiger partial charge on any atom is -0.449 e. The van der Waals surface area contributed by atoms with Gasteiger partial charge in [0.15, 0.2) is 6.10 Å². The van der Waals surface area contributed by atoms with Crippen LogP contribution in [0, 0.1) is 13.8 Å². The van der Waals surface area contributed by atoms with Crippen molar-refractivity contribution >= 4 is 16.0 Å². The Kier molecular flexibility index (Phi) is 5.30. The molecule has 8 nitrogen and oxygen atoms in total. The number of carbonyl (C=O) groups is 1. The van der Waals surface area contributed by atoms with Gasteiger partial charge in [0.25, 0.3) is 5.89 Å². The summed E-state index contributed by atoms with van der Waals surface area (Å²) in [4.78, 5) is 12.3. The summed E-state index contributed by atoms with van der Waals surface area (Å²) in [6, 6.07) is 11.6. The smallest absolute Gasteiger partial charge is 0.339 e. The molecule has 0 aliphatic heterocycles. The van der Waals surface area contributed by atoms with Crippen LogP contribution in [0.4, 0.5) is 0 Å². The lowest BCUT2D eigenvalue weighted by molar-refractivity contribution is 0.0278. The number of aryl methyl sites for hydroxylation is 2. The molecule has 0 spiro atoms. The molecule has 28 heavy (non-hydrogen) atoms. The van der Waals surface area contributed by atoms with Crippen molar-refractivity contribution in [3.05, 3.63) is 65.0 Å². The number of carbonyl (C=O) groups excluding carboxylic acids is 1. The van der Waals surface area contributed by atoms with E-state index in [1.165, 1.54) is 18.2 Å². The van der Waals surface area contributed by atoms with Crippen LogP contribution in [0.2, 0.25) is 0 Å². The monoisotopic (exact) mass is 401 g/mol. The first-order valence-electron chi connectivity index (χ1n) is 8.40. The maximum atomic E-state index is 12.5. The summed E-state index contributed by atoms with van der Waals surface area (Å²) in [5, 5.41) is 13.0. The summed E-state index contributed by atoms with van der Waals surface area (Å²) in [6.45, 7) is 5.22. The van der Waals surface area contributed by atoms with E-state index in [-0.39, 0.29) is 16.3 Å². The van der Waals surface area contributed by atoms with Crippen molar-refractivity contribution in [1.82, 2.24) is 10.2 Å². The van der Waals surface area contributed by atoms with E-state index in [1.807, 2.05) is 31.2 Å². The maximum Gasteiger partial charge on any atom is 0.339 e. The van der Waals surface area contributed by atoms with Crippen LogP contribution >= 0.6 is 0 Å². The molecule has 0 bridgehead atoms. The largest absolute Gasteiger partial charge is 0.449 e. The van der Waals surface area contributed by atoms with E-state index in [0.29, 0.717) is 11.5 Å². The Balaban J connectivity index is 1.79. The molecule has 1 heterocycles. The van der Waals surface area contributed by atoms with Gasteiger partial charge in [-0.15, -0.1) is 10.2 Å². The van der Waals surface area contributed by atoms with Crippen molar-refractivity contribution in [3.8, 4) is 11.5 Å². The predicted octanol–water partition coefficient (Wildman–Crippen LogP) is 2.92. The number of ether oxygens (including phenoxy) is 1. The second kappa shape index (κ2) is 7.53. The van der Waals surface area contributed by atoms with Gasteiger partial charge in [0.2, 0.25) is 15.9 Å². The molecule has 0 aliphatic rings. The Morgan fingerprint density at radius 2 is 1.79 bits per heavy atom. The van der Waals surface area contributed by atoms with E-state index in [9.17, 15) is 13.2 Å². The number of nitrogens with two attached hydrogens (primary N) is 1. The number of rotatable bonds is 5. The molecule has 3 aromatic rings. The van der Waals surface area contributed by atoms with Crippen LogP contribution < -0.4 is 5.14 Å². The molecule has 0 saturated carbocycles. The van der Waals surface area contributed by atoms with Crippen molar-refractivity contribution in [1.29, 1.82) is 0 Å². The van der Waals surface area contributed by atoms with Crippen molar-refractivity contribution in [2.45, 2.75) is 31.8 Å². The topological polar surface area (TPSA) is 125 Å². The highest BCUT2D eigenvalue weighted by Crippen LogP contribution is 2.24. The minimum atomic E-state index is -3.94. The maximum absolute atomic E-state index is 12.5. The van der Waals surface area contributed by atoms with Gasteiger partial charge in [0, 0.05) is 5.56 Å². The van der Waals surface area contributed by atoms with Gasteiger partial charge < -0.3 is 9.15 Å². The lowest BCUT2D eigenvalue weighted by Crippen LogP contribution is -2.15. The summed E-state index contributed by atoms with van der Waals surface area (Å²) in [6.07, 6.45) is -0.822. The Labute approximate surface area is 162 Å². The van der Waals surface area contributed by atoms with Gasteiger partial charge in [-0.1, -0.05) is 23.8 Å². The summed E-state index contributed by atoms with van der Waals surface area (Å²) in [5.74, 6) is -0.278. The predicted molar refractivity (Wildman–Crippen MR) is 101 cm³/mol. The number of aromatic nitrogens is 2. The Hall–Kier alpha value is -3.04. The van der Waals surface area contributed by atoms with Crippen molar-refractivity contribution in [3.63, 3.8) is 0 Å². The van der Waals surface area contributed by atoms with Gasteiger partial charge in [-0.05, 0) is 50.6 Å².